The van der Waals surface area contributed by atoms with E-state index in [1.165, 1.54) is 29.7 Å². The van der Waals surface area contributed by atoms with Crippen molar-refractivity contribution >= 4 is 28.8 Å². The first-order valence-electron chi connectivity index (χ1n) is 7.79. The van der Waals surface area contributed by atoms with Gasteiger partial charge < -0.3 is 14.0 Å². The largest absolute Gasteiger partial charge is 0.484 e. The Bertz CT molecular complexity index is 759. The van der Waals surface area contributed by atoms with E-state index in [1.807, 2.05) is 0 Å². The first-order valence-corrected chi connectivity index (χ1v) is 8.90. The molecule has 1 aliphatic rings. The molecule has 1 saturated heterocycles. The van der Waals surface area contributed by atoms with E-state index in [-0.39, 0.29) is 18.7 Å². The Morgan fingerprint density at radius 2 is 2.00 bits per heavy atom. The molecule has 0 saturated carbocycles. The quantitative estimate of drug-likeness (QED) is 0.345. The summed E-state index contributed by atoms with van der Waals surface area (Å²) < 4.78 is 65.1. The number of hydrogen-bond donors (Lipinski definition) is 3. The highest BCUT2D eigenvalue weighted by Crippen LogP contribution is 2.29. The molecule has 1 aromatic carbocycles. The molecule has 3 N–H and O–H groups in total. The number of halogens is 3. The molecule has 156 valence electrons. The summed E-state index contributed by atoms with van der Waals surface area (Å²) in [7, 11) is 0. The van der Waals surface area contributed by atoms with E-state index in [2.05, 4.69) is 4.74 Å². The maximum atomic E-state index is 12.2. The average Bonchev–Trinajstić information content (AvgIpc) is 2.98. The Balaban J connectivity index is 2.06. The number of nitrogens with zero attached hydrogens (tertiary/aromatic N) is 1. The van der Waals surface area contributed by atoms with Crippen LogP contribution >= 0.6 is 0 Å². The molecule has 9 nitrogen and oxygen atoms in total. The van der Waals surface area contributed by atoms with Crippen molar-refractivity contribution in [3.63, 3.8) is 0 Å². The summed E-state index contributed by atoms with van der Waals surface area (Å²) in [5.41, 5.74) is 1.60. The van der Waals surface area contributed by atoms with E-state index in [1.54, 1.807) is 0 Å². The zero-order valence-corrected chi connectivity index (χ0v) is 15.2. The van der Waals surface area contributed by atoms with E-state index in [9.17, 15) is 31.5 Å². The van der Waals surface area contributed by atoms with E-state index in [0.717, 1.165) is 11.8 Å². The van der Waals surface area contributed by atoms with Gasteiger partial charge in [-0.1, -0.05) is 0 Å². The predicted octanol–water partition coefficient (Wildman–Crippen LogP) is 1.83. The lowest BCUT2D eigenvalue weighted by Gasteiger charge is -2.25. The van der Waals surface area contributed by atoms with Gasteiger partial charge in [0.05, 0.1) is 6.54 Å². The SMILES string of the molecule is CC(CC1CN(c2ccc(OCC(F)(F)F)cc2)C(=O)O1)(C(=O)NO)S(=O)O. The standard InChI is InChI=1S/C15H17F3N2O7S/c1-14(28(24)25,12(21)19-23)6-11-7-20(13(22)27-11)9-2-4-10(5-3-9)26-8-15(16,17)18/h2-5,11,23H,6-8H2,1H3,(H,19,21)(H,24,25). The fraction of sp³-hybridized carbons (Fsp3) is 0.467. The number of carbonyl (C=O) groups is 2. The van der Waals surface area contributed by atoms with Gasteiger partial charge in [0, 0.05) is 12.1 Å². The minimum Gasteiger partial charge on any atom is -0.484 e. The van der Waals surface area contributed by atoms with Gasteiger partial charge in [-0.05, 0) is 31.2 Å². The number of hydroxylamine groups is 1. The van der Waals surface area contributed by atoms with Crippen molar-refractivity contribution in [3.8, 4) is 5.75 Å². The van der Waals surface area contributed by atoms with Gasteiger partial charge in [0.2, 0.25) is 0 Å². The van der Waals surface area contributed by atoms with Gasteiger partial charge in [-0.15, -0.1) is 0 Å². The van der Waals surface area contributed by atoms with Crippen LogP contribution in [0.25, 0.3) is 0 Å². The van der Waals surface area contributed by atoms with Crippen LogP contribution in [-0.4, -0.2) is 56.1 Å². The molecule has 3 atom stereocenters. The number of nitrogens with one attached hydrogen (secondary N) is 1. The first-order chi connectivity index (χ1) is 13.0. The third-order valence-corrected chi connectivity index (χ3v) is 5.13. The maximum absolute atomic E-state index is 12.2. The van der Waals surface area contributed by atoms with Crippen LogP contribution in [0.1, 0.15) is 13.3 Å². The number of anilines is 1. The number of alkyl halides is 3. The molecule has 0 bridgehead atoms. The summed E-state index contributed by atoms with van der Waals surface area (Å²) >= 11 is -2.67. The molecule has 0 spiro atoms. The van der Waals surface area contributed by atoms with Crippen molar-refractivity contribution in [1.29, 1.82) is 0 Å². The summed E-state index contributed by atoms with van der Waals surface area (Å²) in [4.78, 5) is 24.9. The van der Waals surface area contributed by atoms with Crippen molar-refractivity contribution < 1.29 is 46.2 Å². The Morgan fingerprint density at radius 1 is 1.39 bits per heavy atom. The van der Waals surface area contributed by atoms with E-state index in [4.69, 9.17) is 9.94 Å². The minimum atomic E-state index is -4.48. The Kier molecular flexibility index (Phi) is 6.52. The van der Waals surface area contributed by atoms with Crippen molar-refractivity contribution in [2.75, 3.05) is 18.1 Å². The highest BCUT2D eigenvalue weighted by Gasteiger charge is 2.45. The first kappa shape index (κ1) is 21.9. The zero-order valence-electron chi connectivity index (χ0n) is 14.4. The molecule has 1 aliphatic heterocycles. The lowest BCUT2D eigenvalue weighted by Crippen LogP contribution is -2.49. The number of ether oxygens (including phenoxy) is 2. The van der Waals surface area contributed by atoms with Gasteiger partial charge >= 0.3 is 12.3 Å². The molecule has 0 aliphatic carbocycles. The Hall–Kier alpha value is -2.38. The monoisotopic (exact) mass is 426 g/mol. The second-order valence-corrected chi connectivity index (χ2v) is 7.54. The number of carbonyl (C=O) groups excluding carboxylic acids is 2. The molecule has 0 radical (unpaired) electrons. The summed E-state index contributed by atoms with van der Waals surface area (Å²) in [6.45, 7) is -0.408. The van der Waals surface area contributed by atoms with Crippen molar-refractivity contribution in [2.45, 2.75) is 30.4 Å². The summed E-state index contributed by atoms with van der Waals surface area (Å²) in [5.74, 6) is -1.16. The molecule has 3 unspecified atom stereocenters. The van der Waals surface area contributed by atoms with Crippen LogP contribution in [0.5, 0.6) is 5.75 Å². The van der Waals surface area contributed by atoms with Gasteiger partial charge in [0.15, 0.2) is 22.4 Å². The highest BCUT2D eigenvalue weighted by atomic mass is 32.2. The normalized spacial score (nSPS) is 20.3. The van der Waals surface area contributed by atoms with E-state index >= 15 is 0 Å². The topological polar surface area (TPSA) is 125 Å². The van der Waals surface area contributed by atoms with E-state index in [0.29, 0.717) is 5.69 Å². The predicted molar refractivity (Wildman–Crippen MR) is 89.3 cm³/mol. The molecule has 2 amide bonds. The Labute approximate surface area is 159 Å². The second-order valence-electron chi connectivity index (χ2n) is 6.14. The summed E-state index contributed by atoms with van der Waals surface area (Å²) in [6.07, 6.45) is -6.57. The Morgan fingerprint density at radius 3 is 2.50 bits per heavy atom. The fourth-order valence-electron chi connectivity index (χ4n) is 2.52. The highest BCUT2D eigenvalue weighted by molar-refractivity contribution is 7.81. The molecular weight excluding hydrogens is 409 g/mol. The fourth-order valence-corrected chi connectivity index (χ4v) is 3.05. The number of cyclic esters (lactones) is 1. The van der Waals surface area contributed by atoms with Crippen molar-refractivity contribution in [1.82, 2.24) is 5.48 Å². The van der Waals surface area contributed by atoms with Crippen molar-refractivity contribution in [2.24, 2.45) is 0 Å². The van der Waals surface area contributed by atoms with E-state index < -0.39 is 46.7 Å². The molecule has 1 heterocycles. The van der Waals surface area contributed by atoms with Crippen LogP contribution in [-0.2, 0) is 20.6 Å². The summed E-state index contributed by atoms with van der Waals surface area (Å²) in [6, 6.07) is 5.18. The maximum Gasteiger partial charge on any atom is 0.422 e. The minimum absolute atomic E-state index is 0.0481. The van der Waals surface area contributed by atoms with Gasteiger partial charge in [-0.2, -0.15) is 13.2 Å². The van der Waals surface area contributed by atoms with Gasteiger partial charge in [-0.3, -0.25) is 14.9 Å². The molecule has 13 heteroatoms. The number of benzene rings is 1. The molecule has 2 rings (SSSR count). The molecule has 1 aromatic rings. The van der Waals surface area contributed by atoms with Crippen LogP contribution in [0.15, 0.2) is 24.3 Å². The van der Waals surface area contributed by atoms with Crippen molar-refractivity contribution in [3.05, 3.63) is 24.3 Å². The number of amides is 2. The van der Waals surface area contributed by atoms with Crippen LogP contribution in [0.4, 0.5) is 23.7 Å². The lowest BCUT2D eigenvalue weighted by molar-refractivity contribution is -0.153. The third kappa shape index (κ3) is 5.11. The zero-order chi connectivity index (χ0) is 21.1. The lowest BCUT2D eigenvalue weighted by atomic mass is 10.0. The molecule has 1 fully saturated rings. The second kappa shape index (κ2) is 8.32. The molecule has 28 heavy (non-hydrogen) atoms. The molecule has 0 aromatic heterocycles. The van der Waals surface area contributed by atoms with Gasteiger partial charge in [0.1, 0.15) is 11.9 Å². The van der Waals surface area contributed by atoms with Gasteiger partial charge in [-0.25, -0.2) is 14.5 Å². The number of hydrogen-bond acceptors (Lipinski definition) is 6. The average molecular weight is 426 g/mol. The smallest absolute Gasteiger partial charge is 0.422 e. The molecular formula is C15H17F3N2O7S. The summed E-state index contributed by atoms with van der Waals surface area (Å²) in [5, 5.41) is 8.75. The van der Waals surface area contributed by atoms with Crippen LogP contribution in [0.3, 0.4) is 0 Å². The number of rotatable bonds is 7. The van der Waals surface area contributed by atoms with Crippen LogP contribution in [0, 0.1) is 0 Å². The third-order valence-electron chi connectivity index (χ3n) is 4.01. The van der Waals surface area contributed by atoms with Gasteiger partial charge in [0.25, 0.3) is 5.91 Å². The van der Waals surface area contributed by atoms with Crippen LogP contribution in [0.2, 0.25) is 0 Å². The van der Waals surface area contributed by atoms with Crippen LogP contribution < -0.4 is 15.1 Å².